The molecule has 0 aliphatic rings. The molecule has 0 aliphatic carbocycles. The van der Waals surface area contributed by atoms with Crippen LogP contribution in [-0.4, -0.2) is 18.3 Å². The van der Waals surface area contributed by atoms with Gasteiger partial charge in [-0.2, -0.15) is 0 Å². The molecule has 90 valence electrons. The van der Waals surface area contributed by atoms with Crippen molar-refractivity contribution in [2.45, 2.75) is 25.7 Å². The number of ether oxygens (including phenoxy) is 1. The molecular formula is C12H16BrFO2. The fourth-order valence-electron chi connectivity index (χ4n) is 1.34. The number of halogens is 2. The van der Waals surface area contributed by atoms with Crippen molar-refractivity contribution in [3.8, 4) is 5.75 Å². The Bertz CT molecular complexity index is 318. The predicted octanol–water partition coefficient (Wildman–Crippen LogP) is 3.52. The minimum absolute atomic E-state index is 0.238. The van der Waals surface area contributed by atoms with Crippen molar-refractivity contribution in [3.63, 3.8) is 0 Å². The second-order valence-corrected chi connectivity index (χ2v) is 4.48. The molecule has 0 fully saturated rings. The van der Waals surface area contributed by atoms with Gasteiger partial charge in [0.05, 0.1) is 6.61 Å². The van der Waals surface area contributed by atoms with E-state index in [9.17, 15) is 4.39 Å². The van der Waals surface area contributed by atoms with Crippen LogP contribution in [0.15, 0.2) is 22.7 Å². The Hall–Kier alpha value is -0.610. The van der Waals surface area contributed by atoms with Crippen molar-refractivity contribution in [2.24, 2.45) is 0 Å². The van der Waals surface area contributed by atoms with E-state index in [0.717, 1.165) is 25.7 Å². The molecule has 0 radical (unpaired) electrons. The highest BCUT2D eigenvalue weighted by molar-refractivity contribution is 9.10. The lowest BCUT2D eigenvalue weighted by molar-refractivity contribution is 0.269. The van der Waals surface area contributed by atoms with Crippen LogP contribution in [0.25, 0.3) is 0 Å². The molecule has 0 saturated heterocycles. The summed E-state index contributed by atoms with van der Waals surface area (Å²) in [5.41, 5.74) is 0. The summed E-state index contributed by atoms with van der Waals surface area (Å²) in [6.07, 6.45) is 3.70. The van der Waals surface area contributed by atoms with Crippen molar-refractivity contribution in [3.05, 3.63) is 28.5 Å². The first-order valence-electron chi connectivity index (χ1n) is 5.43. The predicted molar refractivity (Wildman–Crippen MR) is 65.1 cm³/mol. The standard InChI is InChI=1S/C12H16BrFO2/c13-10-5-6-12(11(14)9-10)16-8-4-2-1-3-7-15/h5-6,9,15H,1-4,7-8H2. The van der Waals surface area contributed by atoms with E-state index in [-0.39, 0.29) is 12.4 Å². The molecule has 0 atom stereocenters. The molecule has 2 nitrogen and oxygen atoms in total. The number of hydrogen-bond acceptors (Lipinski definition) is 2. The van der Waals surface area contributed by atoms with Gasteiger partial charge >= 0.3 is 0 Å². The van der Waals surface area contributed by atoms with Crippen LogP contribution in [0.1, 0.15) is 25.7 Å². The third kappa shape index (κ3) is 4.94. The minimum atomic E-state index is -0.343. The van der Waals surface area contributed by atoms with E-state index in [2.05, 4.69) is 15.9 Å². The molecule has 0 bridgehead atoms. The molecule has 0 heterocycles. The summed E-state index contributed by atoms with van der Waals surface area (Å²) in [4.78, 5) is 0. The summed E-state index contributed by atoms with van der Waals surface area (Å²) in [5.74, 6) is -0.0462. The Balaban J connectivity index is 2.21. The van der Waals surface area contributed by atoms with Crippen molar-refractivity contribution in [1.29, 1.82) is 0 Å². The fraction of sp³-hybridized carbons (Fsp3) is 0.500. The van der Waals surface area contributed by atoms with E-state index in [4.69, 9.17) is 9.84 Å². The van der Waals surface area contributed by atoms with Crippen LogP contribution < -0.4 is 4.74 Å². The molecule has 0 unspecified atom stereocenters. The lowest BCUT2D eigenvalue weighted by Crippen LogP contribution is -1.99. The van der Waals surface area contributed by atoms with Crippen LogP contribution >= 0.6 is 15.9 Å². The molecular weight excluding hydrogens is 275 g/mol. The Kier molecular flexibility index (Phi) is 6.42. The van der Waals surface area contributed by atoms with Gasteiger partial charge < -0.3 is 9.84 Å². The Morgan fingerprint density at radius 3 is 2.62 bits per heavy atom. The summed E-state index contributed by atoms with van der Waals surface area (Å²) in [5, 5.41) is 8.58. The molecule has 0 aromatic heterocycles. The zero-order valence-electron chi connectivity index (χ0n) is 9.09. The number of rotatable bonds is 7. The Morgan fingerprint density at radius 2 is 1.94 bits per heavy atom. The van der Waals surface area contributed by atoms with Gasteiger partial charge in [0.25, 0.3) is 0 Å². The highest BCUT2D eigenvalue weighted by atomic mass is 79.9. The van der Waals surface area contributed by atoms with Crippen LogP contribution in [0.4, 0.5) is 4.39 Å². The van der Waals surface area contributed by atoms with Gasteiger partial charge in [-0.15, -0.1) is 0 Å². The molecule has 0 aliphatic heterocycles. The van der Waals surface area contributed by atoms with E-state index in [1.54, 1.807) is 12.1 Å². The van der Waals surface area contributed by atoms with Gasteiger partial charge in [0.1, 0.15) is 0 Å². The van der Waals surface area contributed by atoms with Crippen LogP contribution in [-0.2, 0) is 0 Å². The molecule has 0 spiro atoms. The molecule has 4 heteroatoms. The maximum absolute atomic E-state index is 13.3. The number of benzene rings is 1. The van der Waals surface area contributed by atoms with Crippen LogP contribution in [0.2, 0.25) is 0 Å². The zero-order valence-corrected chi connectivity index (χ0v) is 10.7. The second kappa shape index (κ2) is 7.63. The Labute approximate surface area is 104 Å². The van der Waals surface area contributed by atoms with Crippen LogP contribution in [0, 0.1) is 5.82 Å². The number of aliphatic hydroxyl groups is 1. The average Bonchev–Trinajstić information content (AvgIpc) is 2.26. The normalized spacial score (nSPS) is 10.4. The first-order chi connectivity index (χ1) is 7.74. The Morgan fingerprint density at radius 1 is 1.19 bits per heavy atom. The maximum Gasteiger partial charge on any atom is 0.166 e. The minimum Gasteiger partial charge on any atom is -0.491 e. The van der Waals surface area contributed by atoms with Crippen LogP contribution in [0.5, 0.6) is 5.75 Å². The topological polar surface area (TPSA) is 29.5 Å². The SMILES string of the molecule is OCCCCCCOc1ccc(Br)cc1F. The molecule has 1 rings (SSSR count). The highest BCUT2D eigenvalue weighted by Crippen LogP contribution is 2.21. The largest absolute Gasteiger partial charge is 0.491 e. The highest BCUT2D eigenvalue weighted by Gasteiger charge is 2.02. The summed E-state index contributed by atoms with van der Waals surface area (Å²) < 4.78 is 19.3. The fourth-order valence-corrected chi connectivity index (χ4v) is 1.67. The van der Waals surface area contributed by atoms with Crippen molar-refractivity contribution >= 4 is 15.9 Å². The molecule has 1 N–H and O–H groups in total. The van der Waals surface area contributed by atoms with Gasteiger partial charge in [-0.3, -0.25) is 0 Å². The van der Waals surface area contributed by atoms with Gasteiger partial charge in [-0.25, -0.2) is 4.39 Å². The average molecular weight is 291 g/mol. The number of hydrogen-bond donors (Lipinski definition) is 1. The van der Waals surface area contributed by atoms with Gasteiger partial charge in [-0.05, 0) is 37.5 Å². The van der Waals surface area contributed by atoms with Crippen molar-refractivity contribution in [2.75, 3.05) is 13.2 Å². The third-order valence-corrected chi connectivity index (χ3v) is 2.70. The van der Waals surface area contributed by atoms with Crippen molar-refractivity contribution in [1.82, 2.24) is 0 Å². The molecule has 0 saturated carbocycles. The number of aliphatic hydroxyl groups excluding tert-OH is 1. The summed E-state index contributed by atoms with van der Waals surface area (Å²) in [6.45, 7) is 0.756. The van der Waals surface area contributed by atoms with Gasteiger partial charge in [0.15, 0.2) is 11.6 Å². The van der Waals surface area contributed by atoms with Gasteiger partial charge in [0.2, 0.25) is 0 Å². The first kappa shape index (κ1) is 13.5. The van der Waals surface area contributed by atoms with Crippen LogP contribution in [0.3, 0.4) is 0 Å². The van der Waals surface area contributed by atoms with E-state index in [1.807, 2.05) is 0 Å². The molecule has 1 aromatic rings. The monoisotopic (exact) mass is 290 g/mol. The van der Waals surface area contributed by atoms with E-state index < -0.39 is 0 Å². The van der Waals surface area contributed by atoms with Gasteiger partial charge in [-0.1, -0.05) is 22.4 Å². The first-order valence-corrected chi connectivity index (χ1v) is 6.22. The van der Waals surface area contributed by atoms with E-state index in [0.29, 0.717) is 16.8 Å². The van der Waals surface area contributed by atoms with E-state index >= 15 is 0 Å². The van der Waals surface area contributed by atoms with Gasteiger partial charge in [0, 0.05) is 11.1 Å². The lowest BCUT2D eigenvalue weighted by Gasteiger charge is -2.07. The summed E-state index contributed by atoms with van der Waals surface area (Å²) in [6, 6.07) is 4.76. The number of unbranched alkanes of at least 4 members (excludes halogenated alkanes) is 3. The molecule has 1 aromatic carbocycles. The third-order valence-electron chi connectivity index (χ3n) is 2.20. The summed E-state index contributed by atoms with van der Waals surface area (Å²) >= 11 is 3.19. The molecule has 16 heavy (non-hydrogen) atoms. The smallest absolute Gasteiger partial charge is 0.166 e. The summed E-state index contributed by atoms with van der Waals surface area (Å²) in [7, 11) is 0. The quantitative estimate of drug-likeness (QED) is 0.779. The van der Waals surface area contributed by atoms with E-state index in [1.165, 1.54) is 6.07 Å². The van der Waals surface area contributed by atoms with Crippen molar-refractivity contribution < 1.29 is 14.2 Å². The lowest BCUT2D eigenvalue weighted by atomic mass is 10.2. The second-order valence-electron chi connectivity index (χ2n) is 3.56. The molecule has 0 amide bonds. The zero-order chi connectivity index (χ0) is 11.8. The maximum atomic E-state index is 13.3.